The molecule has 1 N–H and O–H groups in total. The molecule has 5 nitrogen and oxygen atoms in total. The van der Waals surface area contributed by atoms with Gasteiger partial charge in [0.1, 0.15) is 0 Å². The number of aliphatic imine (C=N–C) groups is 2. The van der Waals surface area contributed by atoms with E-state index in [1.54, 1.807) is 12.2 Å². The summed E-state index contributed by atoms with van der Waals surface area (Å²) in [7, 11) is 1.93. The molecule has 0 aliphatic rings. The SMILES string of the molecule is C=CN=C(C=C)C(C=C)=Nc1ccc(-c2ccc3nc(-c4c5ccccc5c(-c5ccc(C)c(/C(NC)=C(/C)C=C)n5)c5ccccc45)ccc3c2)cc1C.CC. The van der Waals surface area contributed by atoms with Crippen molar-refractivity contribution in [2.24, 2.45) is 9.98 Å². The molecule has 0 spiro atoms. The summed E-state index contributed by atoms with van der Waals surface area (Å²) in [6, 6.07) is 38.5. The highest BCUT2D eigenvalue weighted by molar-refractivity contribution is 6.50. The molecule has 2 heterocycles. The highest BCUT2D eigenvalue weighted by atomic mass is 14.9. The molecule has 7 rings (SSSR count). The Kier molecular flexibility index (Phi) is 12.3. The van der Waals surface area contributed by atoms with Gasteiger partial charge in [-0.15, -0.1) is 0 Å². The van der Waals surface area contributed by atoms with Gasteiger partial charge in [-0.05, 0) is 119 Å². The molecule has 57 heavy (non-hydrogen) atoms. The second-order valence-electron chi connectivity index (χ2n) is 13.4. The van der Waals surface area contributed by atoms with Gasteiger partial charge in [0, 0.05) is 29.8 Å². The third-order valence-electron chi connectivity index (χ3n) is 10.1. The quantitative estimate of drug-likeness (QED) is 0.0815. The summed E-state index contributed by atoms with van der Waals surface area (Å²) in [5.41, 5.74) is 14.4. The summed E-state index contributed by atoms with van der Waals surface area (Å²) >= 11 is 0. The Morgan fingerprint density at radius 1 is 0.614 bits per heavy atom. The van der Waals surface area contributed by atoms with E-state index in [-0.39, 0.29) is 0 Å². The van der Waals surface area contributed by atoms with Crippen LogP contribution in [0.25, 0.3) is 71.8 Å². The van der Waals surface area contributed by atoms with Gasteiger partial charge in [0.05, 0.1) is 45.4 Å². The fourth-order valence-electron chi connectivity index (χ4n) is 7.27. The molecule has 0 aliphatic heterocycles. The van der Waals surface area contributed by atoms with E-state index >= 15 is 0 Å². The van der Waals surface area contributed by atoms with Crippen LogP contribution in [0.1, 0.15) is 37.6 Å². The third-order valence-corrected chi connectivity index (χ3v) is 10.1. The zero-order chi connectivity index (χ0) is 40.6. The Bertz CT molecular complexity index is 2740. The lowest BCUT2D eigenvalue weighted by molar-refractivity contribution is 1.07. The zero-order valence-electron chi connectivity index (χ0n) is 33.8. The van der Waals surface area contributed by atoms with Crippen molar-refractivity contribution in [3.8, 4) is 33.6 Å². The summed E-state index contributed by atoms with van der Waals surface area (Å²) in [6.07, 6.45) is 6.69. The second kappa shape index (κ2) is 17.7. The van der Waals surface area contributed by atoms with Gasteiger partial charge in [0.2, 0.25) is 0 Å². The van der Waals surface area contributed by atoms with E-state index in [1.165, 1.54) is 6.20 Å². The lowest BCUT2D eigenvalue weighted by Crippen LogP contribution is -2.10. The monoisotopic (exact) mass is 743 g/mol. The number of benzene rings is 5. The van der Waals surface area contributed by atoms with Crippen LogP contribution in [0.3, 0.4) is 0 Å². The molecule has 0 unspecified atom stereocenters. The van der Waals surface area contributed by atoms with Gasteiger partial charge in [0.15, 0.2) is 0 Å². The predicted molar refractivity (Wildman–Crippen MR) is 249 cm³/mol. The van der Waals surface area contributed by atoms with E-state index in [0.717, 1.165) is 99.9 Å². The molecule has 5 aromatic carbocycles. The van der Waals surface area contributed by atoms with E-state index in [9.17, 15) is 0 Å². The van der Waals surface area contributed by atoms with Gasteiger partial charge in [-0.1, -0.05) is 119 Å². The summed E-state index contributed by atoms with van der Waals surface area (Å²) < 4.78 is 0. The van der Waals surface area contributed by atoms with E-state index in [2.05, 4.69) is 161 Å². The molecule has 0 aliphatic carbocycles. The van der Waals surface area contributed by atoms with Gasteiger partial charge in [-0.3, -0.25) is 4.99 Å². The summed E-state index contributed by atoms with van der Waals surface area (Å²) in [6.45, 7) is 25.7. The number of allylic oxidation sites excluding steroid dienone is 4. The van der Waals surface area contributed by atoms with Crippen molar-refractivity contribution in [3.05, 3.63) is 182 Å². The van der Waals surface area contributed by atoms with Crippen molar-refractivity contribution in [1.82, 2.24) is 15.3 Å². The van der Waals surface area contributed by atoms with E-state index in [1.807, 2.05) is 33.0 Å². The Morgan fingerprint density at radius 3 is 1.72 bits per heavy atom. The van der Waals surface area contributed by atoms with Crippen molar-refractivity contribution in [2.45, 2.75) is 34.6 Å². The molecule has 0 saturated heterocycles. The fraction of sp³-hybridized carbons (Fsp3) is 0.115. The molecule has 0 amide bonds. The number of rotatable bonds is 11. The Balaban J connectivity index is 0.00000270. The van der Waals surface area contributed by atoms with Crippen molar-refractivity contribution in [3.63, 3.8) is 0 Å². The number of aromatic nitrogens is 2. The number of hydrogen-bond acceptors (Lipinski definition) is 5. The minimum absolute atomic E-state index is 0.625. The number of aryl methyl sites for hydroxylation is 2. The standard InChI is InChI=1S/C50H43N5.C2H6/c1-9-31(5)49(51-8)50-32(6)21-25-46(55-50)48-39-19-15-13-17-37(39)47(38-18-14-16-20-40(38)48)45-28-24-36-30-35(23-27-44(36)54-45)34-22-26-43(33(7)29-34)53-42(11-3)41(10-2)52-12-4;1-2/h9-30,51H,1-4H2,5-8H3;1-2H3/b49-31+,52-41?,53-42?;. The molecule has 2 aromatic heterocycles. The van der Waals surface area contributed by atoms with E-state index < -0.39 is 0 Å². The maximum absolute atomic E-state index is 5.30. The Hall–Kier alpha value is -6.98. The minimum Gasteiger partial charge on any atom is -0.386 e. The van der Waals surface area contributed by atoms with Crippen LogP contribution in [-0.4, -0.2) is 28.4 Å². The van der Waals surface area contributed by atoms with Crippen LogP contribution in [0.5, 0.6) is 0 Å². The highest BCUT2D eigenvalue weighted by Crippen LogP contribution is 2.43. The first-order valence-electron chi connectivity index (χ1n) is 19.3. The van der Waals surface area contributed by atoms with Crippen molar-refractivity contribution in [1.29, 1.82) is 0 Å². The van der Waals surface area contributed by atoms with Crippen LogP contribution in [-0.2, 0) is 0 Å². The van der Waals surface area contributed by atoms with Crippen LogP contribution >= 0.6 is 0 Å². The van der Waals surface area contributed by atoms with Gasteiger partial charge >= 0.3 is 0 Å². The molecular weight excluding hydrogens is 695 g/mol. The average Bonchev–Trinajstić information content (AvgIpc) is 3.25. The first-order valence-corrected chi connectivity index (χ1v) is 19.3. The second-order valence-corrected chi connectivity index (χ2v) is 13.4. The Morgan fingerprint density at radius 2 is 1.18 bits per heavy atom. The van der Waals surface area contributed by atoms with Crippen LogP contribution in [0.15, 0.2) is 175 Å². The minimum atomic E-state index is 0.625. The summed E-state index contributed by atoms with van der Waals surface area (Å²) in [5, 5.41) is 8.94. The van der Waals surface area contributed by atoms with Crippen LogP contribution in [0.4, 0.5) is 5.69 Å². The number of pyridine rings is 2. The molecule has 282 valence electrons. The van der Waals surface area contributed by atoms with Crippen molar-refractivity contribution in [2.75, 3.05) is 7.05 Å². The number of fused-ring (bicyclic) bond motifs is 3. The van der Waals surface area contributed by atoms with Crippen LogP contribution in [0.2, 0.25) is 0 Å². The fourth-order valence-corrected chi connectivity index (χ4v) is 7.27. The largest absolute Gasteiger partial charge is 0.386 e. The van der Waals surface area contributed by atoms with Gasteiger partial charge in [-0.25, -0.2) is 15.0 Å². The normalized spacial score (nSPS) is 12.1. The molecule has 0 fully saturated rings. The maximum Gasteiger partial charge on any atom is 0.0900 e. The molecule has 0 atom stereocenters. The smallest absolute Gasteiger partial charge is 0.0900 e. The first-order chi connectivity index (χ1) is 27.8. The molecule has 5 heteroatoms. The van der Waals surface area contributed by atoms with E-state index in [4.69, 9.17) is 15.0 Å². The molecule has 0 bridgehead atoms. The molecule has 0 saturated carbocycles. The molecule has 0 radical (unpaired) electrons. The van der Waals surface area contributed by atoms with Crippen LogP contribution in [0, 0.1) is 13.8 Å². The van der Waals surface area contributed by atoms with Gasteiger partial charge in [0.25, 0.3) is 0 Å². The summed E-state index contributed by atoms with van der Waals surface area (Å²) in [5.74, 6) is 0. The Labute approximate surface area is 337 Å². The van der Waals surface area contributed by atoms with Crippen molar-refractivity contribution < 1.29 is 0 Å². The molecule has 7 aromatic rings. The number of hydrogen-bond donors (Lipinski definition) is 1. The van der Waals surface area contributed by atoms with E-state index in [0.29, 0.717) is 11.4 Å². The number of nitrogens with one attached hydrogen (secondary N) is 1. The molecular formula is C52H49N5. The maximum atomic E-state index is 5.30. The highest BCUT2D eigenvalue weighted by Gasteiger charge is 2.20. The lowest BCUT2D eigenvalue weighted by atomic mass is 9.88. The first kappa shape index (κ1) is 39.7. The third kappa shape index (κ3) is 7.78. The lowest BCUT2D eigenvalue weighted by Gasteiger charge is -2.19. The average molecular weight is 744 g/mol. The topological polar surface area (TPSA) is 62.5 Å². The number of nitrogens with zero attached hydrogens (tertiary/aromatic N) is 4. The van der Waals surface area contributed by atoms with Crippen LogP contribution < -0.4 is 5.32 Å². The van der Waals surface area contributed by atoms with Crippen molar-refractivity contribution >= 4 is 55.3 Å². The van der Waals surface area contributed by atoms with Gasteiger partial charge in [-0.2, -0.15) is 0 Å². The predicted octanol–water partition coefficient (Wildman–Crippen LogP) is 13.7. The van der Waals surface area contributed by atoms with Gasteiger partial charge < -0.3 is 5.32 Å². The summed E-state index contributed by atoms with van der Waals surface area (Å²) in [4.78, 5) is 19.7. The zero-order valence-corrected chi connectivity index (χ0v) is 33.8.